The molecule has 1 aliphatic heterocycles. The molecule has 0 spiro atoms. The lowest BCUT2D eigenvalue weighted by molar-refractivity contribution is -0.274. The van der Waals surface area contributed by atoms with Gasteiger partial charge in [0.25, 0.3) is 0 Å². The average molecular weight is 391 g/mol. The molecule has 11 heteroatoms. The number of para-hydroxylation sites is 1. The van der Waals surface area contributed by atoms with Gasteiger partial charge in [-0.25, -0.2) is 4.98 Å². The van der Waals surface area contributed by atoms with Crippen LogP contribution in [-0.4, -0.2) is 23.6 Å². The first kappa shape index (κ1) is 18.7. The number of pyridine rings is 1. The molecule has 3 rings (SSSR count). The number of halogens is 6. The van der Waals surface area contributed by atoms with Crippen LogP contribution in [0.5, 0.6) is 5.75 Å². The number of hydrogen-bond acceptors (Lipinski definition) is 5. The zero-order valence-electron chi connectivity index (χ0n) is 13.3. The maximum Gasteiger partial charge on any atom is 0.573 e. The minimum absolute atomic E-state index is 0.0146. The van der Waals surface area contributed by atoms with Crippen molar-refractivity contribution in [1.29, 1.82) is 0 Å². The van der Waals surface area contributed by atoms with E-state index < -0.39 is 24.3 Å². The molecule has 0 bridgehead atoms. The Morgan fingerprint density at radius 2 is 1.70 bits per heavy atom. The van der Waals surface area contributed by atoms with E-state index in [0.717, 1.165) is 24.5 Å². The van der Waals surface area contributed by atoms with E-state index in [-0.39, 0.29) is 22.8 Å². The van der Waals surface area contributed by atoms with E-state index in [0.29, 0.717) is 5.06 Å². The van der Waals surface area contributed by atoms with Crippen molar-refractivity contribution in [2.75, 3.05) is 10.8 Å². The largest absolute Gasteiger partial charge is 0.573 e. The molecular weight excluding hydrogens is 380 g/mol. The molecule has 27 heavy (non-hydrogen) atoms. The lowest BCUT2D eigenvalue weighted by Crippen LogP contribution is -2.41. The molecule has 2 N–H and O–H groups in total. The summed E-state index contributed by atoms with van der Waals surface area (Å²) in [6.45, 7) is 0. The molecule has 0 fully saturated rings. The second-order valence-electron chi connectivity index (χ2n) is 5.39. The number of hydroxylamine groups is 1. The van der Waals surface area contributed by atoms with Crippen LogP contribution in [0.2, 0.25) is 0 Å². The van der Waals surface area contributed by atoms with Gasteiger partial charge in [0.15, 0.2) is 11.9 Å². The van der Waals surface area contributed by atoms with Gasteiger partial charge >= 0.3 is 12.5 Å². The monoisotopic (exact) mass is 391 g/mol. The van der Waals surface area contributed by atoms with Crippen LogP contribution in [-0.2, 0) is 4.84 Å². The molecule has 1 aromatic heterocycles. The van der Waals surface area contributed by atoms with Gasteiger partial charge in [-0.2, -0.15) is 18.2 Å². The maximum absolute atomic E-state index is 13.0. The van der Waals surface area contributed by atoms with Gasteiger partial charge in [-0.3, -0.25) is 0 Å². The summed E-state index contributed by atoms with van der Waals surface area (Å²) in [6.07, 6.45) is -7.89. The summed E-state index contributed by atoms with van der Waals surface area (Å²) in [4.78, 5) is 8.64. The molecule has 0 amide bonds. The van der Waals surface area contributed by atoms with Crippen LogP contribution >= 0.6 is 0 Å². The van der Waals surface area contributed by atoms with E-state index in [4.69, 9.17) is 10.6 Å². The minimum atomic E-state index is -4.92. The van der Waals surface area contributed by atoms with Gasteiger partial charge in [-0.1, -0.05) is 18.2 Å². The van der Waals surface area contributed by atoms with Crippen LogP contribution in [0.4, 0.5) is 38.0 Å². The minimum Gasteiger partial charge on any atom is -0.405 e. The van der Waals surface area contributed by atoms with Crippen LogP contribution in [0.25, 0.3) is 11.1 Å². The predicted molar refractivity (Wildman–Crippen MR) is 83.3 cm³/mol. The topological polar surface area (TPSA) is 60.6 Å². The highest BCUT2D eigenvalue weighted by atomic mass is 19.4. The Kier molecular flexibility index (Phi) is 4.54. The Hall–Kier alpha value is -3.11. The van der Waals surface area contributed by atoms with E-state index in [1.807, 2.05) is 0 Å². The van der Waals surface area contributed by atoms with E-state index >= 15 is 0 Å². The van der Waals surface area contributed by atoms with Crippen LogP contribution in [0, 0.1) is 0 Å². The molecule has 1 unspecified atom stereocenters. The molecule has 2 aromatic rings. The number of aromatic nitrogens is 1. The Bertz CT molecular complexity index is 866. The van der Waals surface area contributed by atoms with Gasteiger partial charge in [-0.15, -0.1) is 13.2 Å². The van der Waals surface area contributed by atoms with Crippen LogP contribution in [0.3, 0.4) is 0 Å². The second kappa shape index (κ2) is 6.56. The molecule has 0 saturated heterocycles. The maximum atomic E-state index is 13.0. The summed E-state index contributed by atoms with van der Waals surface area (Å²) in [5, 5.41) is 0.498. The molecule has 1 aromatic carbocycles. The highest BCUT2D eigenvalue weighted by Crippen LogP contribution is 2.38. The molecule has 0 aliphatic carbocycles. The van der Waals surface area contributed by atoms with Gasteiger partial charge in [0.1, 0.15) is 17.8 Å². The molecule has 1 aliphatic rings. The SMILES string of the molecule is Nc1nc(N2OC=CC2C(F)(F)F)ccc1-c1ccccc1OC(F)(F)F. The van der Waals surface area contributed by atoms with Gasteiger partial charge in [-0.05, 0) is 24.3 Å². The standard InChI is InChI=1S/C16H11F6N3O2/c17-15(18,19)12-7-8-26-25(12)13-6-5-10(14(23)24-13)9-3-1-2-4-11(9)27-16(20,21)22/h1-8,12H,(H2,23,24). The summed E-state index contributed by atoms with van der Waals surface area (Å²) in [7, 11) is 0. The predicted octanol–water partition coefficient (Wildman–Crippen LogP) is 4.43. The van der Waals surface area contributed by atoms with Gasteiger partial charge in [0.05, 0.1) is 0 Å². The first-order chi connectivity index (χ1) is 12.6. The van der Waals surface area contributed by atoms with Crippen molar-refractivity contribution in [1.82, 2.24) is 4.98 Å². The number of nitrogens with two attached hydrogens (primary N) is 1. The van der Waals surface area contributed by atoms with Crippen molar-refractivity contribution in [3.63, 3.8) is 0 Å². The molecular formula is C16H11F6N3O2. The molecule has 0 radical (unpaired) electrons. The fraction of sp³-hybridized carbons (Fsp3) is 0.188. The number of nitrogens with zero attached hydrogens (tertiary/aromatic N) is 2. The van der Waals surface area contributed by atoms with Crippen LogP contribution < -0.4 is 15.5 Å². The first-order valence-electron chi connectivity index (χ1n) is 7.37. The zero-order valence-corrected chi connectivity index (χ0v) is 13.3. The van der Waals surface area contributed by atoms with Crippen molar-refractivity contribution >= 4 is 11.6 Å². The number of alkyl halides is 6. The van der Waals surface area contributed by atoms with E-state index in [9.17, 15) is 26.3 Å². The van der Waals surface area contributed by atoms with Gasteiger partial charge in [0, 0.05) is 11.1 Å². The average Bonchev–Trinajstić information content (AvgIpc) is 3.04. The Balaban J connectivity index is 1.95. The van der Waals surface area contributed by atoms with E-state index in [2.05, 4.69) is 9.72 Å². The number of anilines is 2. The number of hydrogen-bond donors (Lipinski definition) is 1. The summed E-state index contributed by atoms with van der Waals surface area (Å²) in [6, 6.07) is 5.53. The Labute approximate surface area is 148 Å². The lowest BCUT2D eigenvalue weighted by atomic mass is 10.1. The van der Waals surface area contributed by atoms with Crippen molar-refractivity contribution in [3.8, 4) is 16.9 Å². The molecule has 144 valence electrons. The third-order valence-electron chi connectivity index (χ3n) is 3.56. The van der Waals surface area contributed by atoms with Gasteiger partial charge < -0.3 is 15.3 Å². The normalized spacial score (nSPS) is 17.1. The van der Waals surface area contributed by atoms with E-state index in [1.165, 1.54) is 24.3 Å². The fourth-order valence-electron chi connectivity index (χ4n) is 2.47. The summed E-state index contributed by atoms with van der Waals surface area (Å²) in [5.41, 5.74) is 5.83. The quantitative estimate of drug-likeness (QED) is 0.785. The van der Waals surface area contributed by atoms with Gasteiger partial charge in [0.2, 0.25) is 0 Å². The summed E-state index contributed by atoms with van der Waals surface area (Å²) in [5.74, 6) is -1.06. The first-order valence-corrected chi connectivity index (χ1v) is 7.37. The lowest BCUT2D eigenvalue weighted by Gasteiger charge is -2.25. The fourth-order valence-corrected chi connectivity index (χ4v) is 2.47. The zero-order chi connectivity index (χ0) is 19.8. The highest BCUT2D eigenvalue weighted by molar-refractivity contribution is 5.79. The Morgan fingerprint density at radius 1 is 1.00 bits per heavy atom. The number of rotatable bonds is 3. The van der Waals surface area contributed by atoms with E-state index in [1.54, 1.807) is 0 Å². The van der Waals surface area contributed by atoms with Crippen molar-refractivity contribution in [3.05, 3.63) is 48.7 Å². The molecule has 2 heterocycles. The third-order valence-corrected chi connectivity index (χ3v) is 3.56. The van der Waals surface area contributed by atoms with Crippen molar-refractivity contribution < 1.29 is 35.9 Å². The number of nitrogen functional groups attached to an aromatic ring is 1. The number of benzene rings is 1. The van der Waals surface area contributed by atoms with Crippen LogP contribution in [0.1, 0.15) is 0 Å². The second-order valence-corrected chi connectivity index (χ2v) is 5.39. The molecule has 1 atom stereocenters. The van der Waals surface area contributed by atoms with Crippen molar-refractivity contribution in [2.24, 2.45) is 0 Å². The smallest absolute Gasteiger partial charge is 0.405 e. The molecule has 5 nitrogen and oxygen atoms in total. The Morgan fingerprint density at radius 3 is 2.33 bits per heavy atom. The summed E-state index contributed by atoms with van der Waals surface area (Å²) >= 11 is 0. The molecule has 0 saturated carbocycles. The van der Waals surface area contributed by atoms with Crippen LogP contribution in [0.15, 0.2) is 48.7 Å². The highest BCUT2D eigenvalue weighted by Gasteiger charge is 2.46. The number of ether oxygens (including phenoxy) is 1. The van der Waals surface area contributed by atoms with Crippen molar-refractivity contribution in [2.45, 2.75) is 18.6 Å². The summed E-state index contributed by atoms with van der Waals surface area (Å²) < 4.78 is 80.6. The third kappa shape index (κ3) is 4.01.